The maximum atomic E-state index is 12.6. The summed E-state index contributed by atoms with van der Waals surface area (Å²) >= 11 is 0. The van der Waals surface area contributed by atoms with Crippen LogP contribution >= 0.6 is 0 Å². The molecule has 0 unspecified atom stereocenters. The number of nitrogens with zero attached hydrogens (tertiary/aromatic N) is 1. The van der Waals surface area contributed by atoms with Crippen LogP contribution in [0.3, 0.4) is 0 Å². The molecule has 2 aromatic carbocycles. The molecule has 1 amide bonds. The van der Waals surface area contributed by atoms with E-state index >= 15 is 0 Å². The second kappa shape index (κ2) is 6.28. The normalized spacial score (nSPS) is 18.0. The summed E-state index contributed by atoms with van der Waals surface area (Å²) in [5.74, 6) is -0.0677. The summed E-state index contributed by atoms with van der Waals surface area (Å²) in [6, 6.07) is 11.9. The zero-order chi connectivity index (χ0) is 17.3. The Morgan fingerprint density at radius 3 is 2.00 bits per heavy atom. The summed E-state index contributed by atoms with van der Waals surface area (Å²) in [4.78, 5) is 14.1. The maximum Gasteiger partial charge on any atom is 0.416 e. The fourth-order valence-corrected chi connectivity index (χ4v) is 2.81. The van der Waals surface area contributed by atoms with Gasteiger partial charge in [-0.1, -0.05) is 24.3 Å². The highest BCUT2D eigenvalue weighted by Gasteiger charge is 2.30. The van der Waals surface area contributed by atoms with Gasteiger partial charge in [-0.3, -0.25) is 4.79 Å². The fraction of sp³-hybridized carbons (Fsp3) is 0.278. The van der Waals surface area contributed by atoms with E-state index < -0.39 is 11.7 Å². The van der Waals surface area contributed by atoms with Gasteiger partial charge in [0.2, 0.25) is 0 Å². The van der Waals surface area contributed by atoms with E-state index in [9.17, 15) is 18.0 Å². The Bertz CT molecular complexity index is 723. The molecule has 1 fully saturated rings. The van der Waals surface area contributed by atoms with Crippen molar-refractivity contribution in [3.05, 3.63) is 59.7 Å². The fourth-order valence-electron chi connectivity index (χ4n) is 2.81. The molecule has 6 heteroatoms. The second-order valence-electron chi connectivity index (χ2n) is 5.95. The number of hydrogen-bond donors (Lipinski definition) is 1. The average Bonchev–Trinajstić information content (AvgIpc) is 3.00. The van der Waals surface area contributed by atoms with Crippen LogP contribution in [0.25, 0.3) is 11.1 Å². The lowest BCUT2D eigenvalue weighted by Gasteiger charge is -2.16. The van der Waals surface area contributed by atoms with Crippen molar-refractivity contribution in [2.45, 2.75) is 18.6 Å². The molecule has 24 heavy (non-hydrogen) atoms. The average molecular weight is 334 g/mol. The van der Waals surface area contributed by atoms with Gasteiger partial charge in [0.15, 0.2) is 0 Å². The lowest BCUT2D eigenvalue weighted by atomic mass is 10.0. The third-order valence-corrected chi connectivity index (χ3v) is 4.19. The molecule has 126 valence electrons. The van der Waals surface area contributed by atoms with E-state index in [-0.39, 0.29) is 11.9 Å². The molecule has 1 aliphatic heterocycles. The molecular weight excluding hydrogens is 317 g/mol. The van der Waals surface area contributed by atoms with Crippen LogP contribution in [0.2, 0.25) is 0 Å². The molecule has 2 N–H and O–H groups in total. The van der Waals surface area contributed by atoms with Gasteiger partial charge in [-0.2, -0.15) is 13.2 Å². The minimum absolute atomic E-state index is 0.0281. The molecule has 1 heterocycles. The Balaban J connectivity index is 1.76. The first-order valence-corrected chi connectivity index (χ1v) is 7.67. The van der Waals surface area contributed by atoms with Crippen LogP contribution in [-0.4, -0.2) is 29.9 Å². The first kappa shape index (κ1) is 16.5. The molecular formula is C18H17F3N2O. The van der Waals surface area contributed by atoms with Crippen molar-refractivity contribution in [2.75, 3.05) is 13.1 Å². The summed E-state index contributed by atoms with van der Waals surface area (Å²) in [5.41, 5.74) is 7.12. The van der Waals surface area contributed by atoms with Crippen molar-refractivity contribution in [3.63, 3.8) is 0 Å². The SMILES string of the molecule is N[C@H]1CCN(C(=O)c2ccc(-c3ccc(C(F)(F)F)cc3)cc2)C1. The smallest absolute Gasteiger partial charge is 0.337 e. The first-order chi connectivity index (χ1) is 11.3. The number of amides is 1. The van der Waals surface area contributed by atoms with Gasteiger partial charge in [-0.25, -0.2) is 0 Å². The van der Waals surface area contributed by atoms with Gasteiger partial charge in [-0.05, 0) is 41.8 Å². The topological polar surface area (TPSA) is 46.3 Å². The lowest BCUT2D eigenvalue weighted by Crippen LogP contribution is -2.31. The Morgan fingerprint density at radius 2 is 1.54 bits per heavy atom. The van der Waals surface area contributed by atoms with E-state index in [2.05, 4.69) is 0 Å². The van der Waals surface area contributed by atoms with Gasteiger partial charge in [-0.15, -0.1) is 0 Å². The summed E-state index contributed by atoms with van der Waals surface area (Å²) in [6.45, 7) is 1.21. The number of carbonyl (C=O) groups excluding carboxylic acids is 1. The Kier molecular flexibility index (Phi) is 4.32. The summed E-state index contributed by atoms with van der Waals surface area (Å²) < 4.78 is 37.8. The Labute approximate surface area is 137 Å². The number of rotatable bonds is 2. The highest BCUT2D eigenvalue weighted by Crippen LogP contribution is 2.31. The van der Waals surface area contributed by atoms with Gasteiger partial charge < -0.3 is 10.6 Å². The summed E-state index contributed by atoms with van der Waals surface area (Å²) in [5, 5.41) is 0. The maximum absolute atomic E-state index is 12.6. The van der Waals surface area contributed by atoms with Crippen molar-refractivity contribution >= 4 is 5.91 Å². The molecule has 0 aromatic heterocycles. The van der Waals surface area contributed by atoms with E-state index in [1.165, 1.54) is 12.1 Å². The second-order valence-corrected chi connectivity index (χ2v) is 5.95. The molecule has 3 nitrogen and oxygen atoms in total. The van der Waals surface area contributed by atoms with E-state index in [0.29, 0.717) is 24.2 Å². The number of alkyl halides is 3. The predicted octanol–water partition coefficient (Wildman–Crippen LogP) is 3.55. The lowest BCUT2D eigenvalue weighted by molar-refractivity contribution is -0.137. The molecule has 0 radical (unpaired) electrons. The van der Waals surface area contributed by atoms with Crippen LogP contribution in [-0.2, 0) is 6.18 Å². The number of halogens is 3. The number of hydrogen-bond acceptors (Lipinski definition) is 2. The molecule has 0 bridgehead atoms. The van der Waals surface area contributed by atoms with Crippen LogP contribution in [0.4, 0.5) is 13.2 Å². The van der Waals surface area contributed by atoms with Gasteiger partial charge in [0.25, 0.3) is 5.91 Å². The van der Waals surface area contributed by atoms with Crippen LogP contribution in [0.5, 0.6) is 0 Å². The van der Waals surface area contributed by atoms with E-state index in [1.807, 2.05) is 0 Å². The highest BCUT2D eigenvalue weighted by molar-refractivity contribution is 5.95. The first-order valence-electron chi connectivity index (χ1n) is 7.67. The Hall–Kier alpha value is -2.34. The molecule has 3 rings (SSSR count). The largest absolute Gasteiger partial charge is 0.416 e. The van der Waals surface area contributed by atoms with Crippen LogP contribution < -0.4 is 5.73 Å². The minimum Gasteiger partial charge on any atom is -0.337 e. The molecule has 0 aliphatic carbocycles. The number of nitrogens with two attached hydrogens (primary N) is 1. The van der Waals surface area contributed by atoms with Gasteiger partial charge in [0.1, 0.15) is 0 Å². The van der Waals surface area contributed by atoms with Crippen LogP contribution in [0, 0.1) is 0 Å². The summed E-state index contributed by atoms with van der Waals surface area (Å²) in [7, 11) is 0. The van der Waals surface area contributed by atoms with Gasteiger partial charge >= 0.3 is 6.18 Å². The van der Waals surface area contributed by atoms with Crippen molar-refractivity contribution in [3.8, 4) is 11.1 Å². The predicted molar refractivity (Wildman–Crippen MR) is 85.4 cm³/mol. The molecule has 0 saturated carbocycles. The molecule has 1 aliphatic rings. The minimum atomic E-state index is -4.34. The molecule has 1 saturated heterocycles. The van der Waals surface area contributed by atoms with Gasteiger partial charge in [0.05, 0.1) is 5.56 Å². The van der Waals surface area contributed by atoms with E-state index in [0.717, 1.165) is 24.1 Å². The van der Waals surface area contributed by atoms with Crippen molar-refractivity contribution in [2.24, 2.45) is 5.73 Å². The van der Waals surface area contributed by atoms with E-state index in [1.54, 1.807) is 29.2 Å². The third kappa shape index (κ3) is 3.43. The molecule has 2 aromatic rings. The number of likely N-dealkylation sites (tertiary alicyclic amines) is 1. The zero-order valence-electron chi connectivity index (χ0n) is 12.9. The quantitative estimate of drug-likeness (QED) is 0.913. The van der Waals surface area contributed by atoms with Crippen molar-refractivity contribution < 1.29 is 18.0 Å². The van der Waals surface area contributed by atoms with Crippen LogP contribution in [0.1, 0.15) is 22.3 Å². The number of benzene rings is 2. The van der Waals surface area contributed by atoms with Crippen molar-refractivity contribution in [1.82, 2.24) is 4.90 Å². The Morgan fingerprint density at radius 1 is 1.00 bits per heavy atom. The zero-order valence-corrected chi connectivity index (χ0v) is 12.9. The standard InChI is InChI=1S/C18H17F3N2O/c19-18(20,21)15-7-5-13(6-8-15)12-1-3-14(4-2-12)17(24)23-10-9-16(22)11-23/h1-8,16H,9-11,22H2/t16-/m0/s1. The third-order valence-electron chi connectivity index (χ3n) is 4.19. The van der Waals surface area contributed by atoms with Crippen molar-refractivity contribution in [1.29, 1.82) is 0 Å². The monoisotopic (exact) mass is 334 g/mol. The molecule has 1 atom stereocenters. The highest BCUT2D eigenvalue weighted by atomic mass is 19.4. The van der Waals surface area contributed by atoms with Gasteiger partial charge in [0, 0.05) is 24.7 Å². The van der Waals surface area contributed by atoms with Crippen LogP contribution in [0.15, 0.2) is 48.5 Å². The molecule has 0 spiro atoms. The number of carbonyl (C=O) groups is 1. The van der Waals surface area contributed by atoms with E-state index in [4.69, 9.17) is 5.73 Å². The summed E-state index contributed by atoms with van der Waals surface area (Å²) in [6.07, 6.45) is -3.54.